The van der Waals surface area contributed by atoms with Gasteiger partial charge in [0.15, 0.2) is 5.13 Å². The van der Waals surface area contributed by atoms with Crippen LogP contribution in [0.4, 0.5) is 10.8 Å². The lowest BCUT2D eigenvalue weighted by Crippen LogP contribution is -2.31. The van der Waals surface area contributed by atoms with E-state index in [9.17, 15) is 13.2 Å². The van der Waals surface area contributed by atoms with Crippen LogP contribution in [0.1, 0.15) is 31.4 Å². The monoisotopic (exact) mass is 485 g/mol. The number of carbonyl (C=O) groups excluding carboxylic acids is 1. The highest BCUT2D eigenvalue weighted by molar-refractivity contribution is 7.92. The maximum absolute atomic E-state index is 13.1. The summed E-state index contributed by atoms with van der Waals surface area (Å²) in [5, 5.41) is 0.613. The Morgan fingerprint density at radius 1 is 1.15 bits per heavy atom. The Labute approximate surface area is 198 Å². The molecule has 0 aliphatic heterocycles. The first-order valence-electron chi connectivity index (χ1n) is 10.8. The molecule has 1 aliphatic carbocycles. The van der Waals surface area contributed by atoms with Crippen LogP contribution in [0.25, 0.3) is 10.4 Å². The van der Waals surface area contributed by atoms with Crippen molar-refractivity contribution in [3.05, 3.63) is 54.2 Å². The lowest BCUT2D eigenvalue weighted by molar-refractivity contribution is -0.121. The van der Waals surface area contributed by atoms with Crippen LogP contribution in [0.3, 0.4) is 0 Å². The highest BCUT2D eigenvalue weighted by atomic mass is 32.2. The molecule has 1 aliphatic rings. The van der Waals surface area contributed by atoms with Gasteiger partial charge in [0.05, 0.1) is 17.7 Å². The number of hydrogen-bond donors (Lipinski definition) is 1. The molecule has 33 heavy (non-hydrogen) atoms. The normalized spacial score (nSPS) is 14.3. The molecular weight excluding hydrogens is 458 g/mol. The SMILES string of the molecule is COc1ccc(-c2sc(N(C)C(=O)C3CCCC3)nc2C)cc1S(=O)(=O)Nc1ccccc1. The Morgan fingerprint density at radius 3 is 2.52 bits per heavy atom. The molecular formula is C24H27N3O4S2. The van der Waals surface area contributed by atoms with Crippen molar-refractivity contribution >= 4 is 38.1 Å². The maximum atomic E-state index is 13.1. The van der Waals surface area contributed by atoms with E-state index in [4.69, 9.17) is 4.74 Å². The first kappa shape index (κ1) is 23.3. The average Bonchev–Trinajstić information content (AvgIpc) is 3.48. The summed E-state index contributed by atoms with van der Waals surface area (Å²) in [5.74, 6) is 0.403. The number of methoxy groups -OCH3 is 1. The Balaban J connectivity index is 1.67. The van der Waals surface area contributed by atoms with E-state index in [1.54, 1.807) is 48.3 Å². The van der Waals surface area contributed by atoms with Crippen LogP contribution in [0.5, 0.6) is 5.75 Å². The Morgan fingerprint density at radius 2 is 1.85 bits per heavy atom. The van der Waals surface area contributed by atoms with E-state index < -0.39 is 10.0 Å². The quantitative estimate of drug-likeness (QED) is 0.504. The fourth-order valence-electron chi connectivity index (χ4n) is 4.08. The van der Waals surface area contributed by atoms with E-state index in [2.05, 4.69) is 9.71 Å². The minimum atomic E-state index is -3.89. The van der Waals surface area contributed by atoms with Gasteiger partial charge >= 0.3 is 0 Å². The van der Waals surface area contributed by atoms with Crippen LogP contribution in [0.2, 0.25) is 0 Å². The fraction of sp³-hybridized carbons (Fsp3) is 0.333. The lowest BCUT2D eigenvalue weighted by Gasteiger charge is -2.17. The van der Waals surface area contributed by atoms with E-state index >= 15 is 0 Å². The number of amides is 1. The molecule has 0 spiro atoms. The highest BCUT2D eigenvalue weighted by Gasteiger charge is 2.28. The predicted molar refractivity (Wildman–Crippen MR) is 131 cm³/mol. The fourth-order valence-corrected chi connectivity index (χ4v) is 6.36. The molecule has 0 saturated heterocycles. The zero-order valence-corrected chi connectivity index (χ0v) is 20.5. The zero-order valence-electron chi connectivity index (χ0n) is 18.9. The van der Waals surface area contributed by atoms with Gasteiger partial charge in [0, 0.05) is 18.7 Å². The number of ether oxygens (including phenoxy) is 1. The predicted octanol–water partition coefficient (Wildman–Crippen LogP) is 5.08. The highest BCUT2D eigenvalue weighted by Crippen LogP contribution is 2.38. The van der Waals surface area contributed by atoms with Gasteiger partial charge in [-0.1, -0.05) is 42.4 Å². The lowest BCUT2D eigenvalue weighted by atomic mass is 10.1. The molecule has 0 bridgehead atoms. The number of sulfonamides is 1. The first-order valence-corrected chi connectivity index (χ1v) is 13.1. The van der Waals surface area contributed by atoms with Gasteiger partial charge in [-0.05, 0) is 55.7 Å². The third kappa shape index (κ3) is 4.89. The molecule has 7 nitrogen and oxygen atoms in total. The van der Waals surface area contributed by atoms with Gasteiger partial charge in [0.1, 0.15) is 10.6 Å². The van der Waals surface area contributed by atoms with Crippen molar-refractivity contribution in [2.24, 2.45) is 5.92 Å². The van der Waals surface area contributed by atoms with Gasteiger partial charge < -0.3 is 4.74 Å². The second-order valence-corrected chi connectivity index (χ2v) is 10.8. The Kier molecular flexibility index (Phi) is 6.71. The van der Waals surface area contributed by atoms with E-state index in [0.717, 1.165) is 36.3 Å². The first-order chi connectivity index (χ1) is 15.8. The number of anilines is 2. The Bertz CT molecular complexity index is 1250. The van der Waals surface area contributed by atoms with Gasteiger partial charge in [-0.15, -0.1) is 0 Å². The summed E-state index contributed by atoms with van der Waals surface area (Å²) in [4.78, 5) is 19.9. The van der Waals surface area contributed by atoms with Crippen molar-refractivity contribution < 1.29 is 17.9 Å². The van der Waals surface area contributed by atoms with E-state index in [0.29, 0.717) is 16.4 Å². The number of thiazole rings is 1. The molecule has 2 aromatic carbocycles. The number of nitrogens with zero attached hydrogens (tertiary/aromatic N) is 2. The van der Waals surface area contributed by atoms with Gasteiger partial charge in [0.25, 0.3) is 10.0 Å². The summed E-state index contributed by atoms with van der Waals surface area (Å²) in [5.41, 5.74) is 1.91. The number of nitrogens with one attached hydrogen (secondary N) is 1. The van der Waals surface area contributed by atoms with Gasteiger partial charge in [0.2, 0.25) is 5.91 Å². The summed E-state index contributed by atoms with van der Waals surface area (Å²) in [6, 6.07) is 13.7. The number of benzene rings is 2. The number of aromatic nitrogens is 1. The van der Waals surface area contributed by atoms with Crippen molar-refractivity contribution in [3.63, 3.8) is 0 Å². The topological polar surface area (TPSA) is 88.6 Å². The third-order valence-corrected chi connectivity index (χ3v) is 8.53. The van der Waals surface area contributed by atoms with E-state index in [-0.39, 0.29) is 22.5 Å². The maximum Gasteiger partial charge on any atom is 0.265 e. The average molecular weight is 486 g/mol. The van der Waals surface area contributed by atoms with Crippen molar-refractivity contribution in [2.75, 3.05) is 23.8 Å². The second kappa shape index (κ2) is 9.52. The zero-order chi connectivity index (χ0) is 23.6. The molecule has 1 heterocycles. The van der Waals surface area contributed by atoms with Gasteiger partial charge in [-0.3, -0.25) is 14.4 Å². The number of para-hydroxylation sites is 1. The van der Waals surface area contributed by atoms with Gasteiger partial charge in [-0.25, -0.2) is 13.4 Å². The summed E-state index contributed by atoms with van der Waals surface area (Å²) in [7, 11) is -0.688. The standard InChI is InChI=1S/C24H27N3O4S2/c1-16-22(32-24(25-16)27(2)23(28)17-9-7-8-10-17)18-13-14-20(31-3)21(15-18)33(29,30)26-19-11-5-4-6-12-19/h4-6,11-15,17,26H,7-10H2,1-3H3. The largest absolute Gasteiger partial charge is 0.495 e. The number of carbonyl (C=O) groups is 1. The van der Waals surface area contributed by atoms with Crippen LogP contribution < -0.4 is 14.4 Å². The summed E-state index contributed by atoms with van der Waals surface area (Å²) in [6.45, 7) is 1.86. The molecule has 1 aromatic heterocycles. The summed E-state index contributed by atoms with van der Waals surface area (Å²) >= 11 is 1.38. The smallest absolute Gasteiger partial charge is 0.265 e. The molecule has 174 valence electrons. The third-order valence-electron chi connectivity index (χ3n) is 5.85. The molecule has 9 heteroatoms. The number of hydrogen-bond acceptors (Lipinski definition) is 6. The minimum Gasteiger partial charge on any atom is -0.495 e. The van der Waals surface area contributed by atoms with Crippen LogP contribution in [0, 0.1) is 12.8 Å². The molecule has 0 radical (unpaired) electrons. The number of aryl methyl sites for hydroxylation is 1. The molecule has 3 aromatic rings. The van der Waals surface area contributed by atoms with E-state index in [1.165, 1.54) is 18.4 Å². The van der Waals surface area contributed by atoms with Crippen LogP contribution in [-0.2, 0) is 14.8 Å². The molecule has 0 unspecified atom stereocenters. The van der Waals surface area contributed by atoms with Crippen molar-refractivity contribution in [3.8, 4) is 16.2 Å². The van der Waals surface area contributed by atoms with Crippen LogP contribution >= 0.6 is 11.3 Å². The van der Waals surface area contributed by atoms with Crippen molar-refractivity contribution in [2.45, 2.75) is 37.5 Å². The minimum absolute atomic E-state index is 0.0380. The van der Waals surface area contributed by atoms with E-state index in [1.807, 2.05) is 19.1 Å². The van der Waals surface area contributed by atoms with Gasteiger partial charge in [-0.2, -0.15) is 0 Å². The van der Waals surface area contributed by atoms with Crippen LogP contribution in [-0.4, -0.2) is 33.5 Å². The molecule has 1 amide bonds. The Hall–Kier alpha value is -2.91. The summed E-state index contributed by atoms with van der Waals surface area (Å²) in [6.07, 6.45) is 4.03. The van der Waals surface area contributed by atoms with Crippen molar-refractivity contribution in [1.29, 1.82) is 0 Å². The molecule has 4 rings (SSSR count). The van der Waals surface area contributed by atoms with Crippen LogP contribution in [0.15, 0.2) is 53.4 Å². The molecule has 1 N–H and O–H groups in total. The summed E-state index contributed by atoms with van der Waals surface area (Å²) < 4.78 is 34.2. The molecule has 1 saturated carbocycles. The molecule has 0 atom stereocenters. The molecule has 1 fully saturated rings. The van der Waals surface area contributed by atoms with Crippen molar-refractivity contribution in [1.82, 2.24) is 4.98 Å². The number of rotatable bonds is 7. The second-order valence-electron chi connectivity index (χ2n) is 8.13.